The van der Waals surface area contributed by atoms with Gasteiger partial charge in [-0.3, -0.25) is 14.6 Å². The summed E-state index contributed by atoms with van der Waals surface area (Å²) in [6.07, 6.45) is 3.06. The standard InChI is InChI=1S/C12H17N3O3/c1-7-8(10(17)14-11(18)13-7)6-9(16)15-12(2)4-3-5-12/h3-6H2,1-2H3,(H,15,16)(H2,13,14,17,18). The van der Waals surface area contributed by atoms with Gasteiger partial charge in [-0.15, -0.1) is 0 Å². The SMILES string of the molecule is Cc1[nH]c(=O)[nH]c(=O)c1CC(=O)NC1(C)CCC1. The van der Waals surface area contributed by atoms with Gasteiger partial charge in [0, 0.05) is 16.8 Å². The molecular formula is C12H17N3O3. The summed E-state index contributed by atoms with van der Waals surface area (Å²) in [5.41, 5.74) is -0.412. The van der Waals surface area contributed by atoms with Crippen LogP contribution in [0.25, 0.3) is 0 Å². The van der Waals surface area contributed by atoms with Crippen molar-refractivity contribution in [3.63, 3.8) is 0 Å². The monoisotopic (exact) mass is 251 g/mol. The summed E-state index contributed by atoms with van der Waals surface area (Å²) in [6.45, 7) is 3.61. The Hall–Kier alpha value is -1.85. The third-order valence-corrected chi connectivity index (χ3v) is 3.49. The van der Waals surface area contributed by atoms with Crippen LogP contribution in [0, 0.1) is 6.92 Å². The smallest absolute Gasteiger partial charge is 0.325 e. The van der Waals surface area contributed by atoms with Gasteiger partial charge in [0.1, 0.15) is 0 Å². The predicted molar refractivity (Wildman–Crippen MR) is 66.5 cm³/mol. The Bertz CT molecular complexity index is 581. The van der Waals surface area contributed by atoms with E-state index in [0.717, 1.165) is 19.3 Å². The lowest BCUT2D eigenvalue weighted by Gasteiger charge is -2.39. The summed E-state index contributed by atoms with van der Waals surface area (Å²) in [5.74, 6) is -0.183. The molecule has 2 rings (SSSR count). The molecule has 1 aliphatic rings. The van der Waals surface area contributed by atoms with Crippen LogP contribution in [-0.4, -0.2) is 21.4 Å². The Morgan fingerprint density at radius 3 is 2.50 bits per heavy atom. The van der Waals surface area contributed by atoms with Crippen LogP contribution in [0.3, 0.4) is 0 Å². The van der Waals surface area contributed by atoms with E-state index in [4.69, 9.17) is 0 Å². The molecular weight excluding hydrogens is 234 g/mol. The molecule has 6 heteroatoms. The number of aromatic nitrogens is 2. The summed E-state index contributed by atoms with van der Waals surface area (Å²) >= 11 is 0. The minimum atomic E-state index is -0.549. The Balaban J connectivity index is 2.12. The van der Waals surface area contributed by atoms with Gasteiger partial charge in [0.15, 0.2) is 0 Å². The van der Waals surface area contributed by atoms with Crippen molar-refractivity contribution in [1.82, 2.24) is 15.3 Å². The minimum absolute atomic E-state index is 0.00641. The number of carbonyl (C=O) groups is 1. The lowest BCUT2D eigenvalue weighted by Crippen LogP contribution is -2.51. The lowest BCUT2D eigenvalue weighted by molar-refractivity contribution is -0.123. The van der Waals surface area contributed by atoms with E-state index in [1.165, 1.54) is 0 Å². The van der Waals surface area contributed by atoms with E-state index in [9.17, 15) is 14.4 Å². The van der Waals surface area contributed by atoms with Crippen LogP contribution in [0.1, 0.15) is 37.4 Å². The van der Waals surface area contributed by atoms with Gasteiger partial charge in [0.05, 0.1) is 6.42 Å². The quantitative estimate of drug-likeness (QED) is 0.704. The lowest BCUT2D eigenvalue weighted by atomic mass is 9.78. The Morgan fingerprint density at radius 2 is 2.00 bits per heavy atom. The fourth-order valence-electron chi connectivity index (χ4n) is 2.21. The number of amides is 1. The Morgan fingerprint density at radius 1 is 1.33 bits per heavy atom. The van der Waals surface area contributed by atoms with Crippen molar-refractivity contribution in [3.05, 3.63) is 32.1 Å². The van der Waals surface area contributed by atoms with E-state index < -0.39 is 11.2 Å². The van der Waals surface area contributed by atoms with Gasteiger partial charge in [-0.1, -0.05) is 0 Å². The molecule has 1 aromatic rings. The molecule has 1 aromatic heterocycles. The summed E-state index contributed by atoms with van der Waals surface area (Å²) in [7, 11) is 0. The van der Waals surface area contributed by atoms with Gasteiger partial charge < -0.3 is 10.3 Å². The zero-order valence-electron chi connectivity index (χ0n) is 10.6. The van der Waals surface area contributed by atoms with Crippen LogP contribution in [0.4, 0.5) is 0 Å². The summed E-state index contributed by atoms with van der Waals surface area (Å²) in [4.78, 5) is 39.1. The number of hydrogen-bond acceptors (Lipinski definition) is 3. The van der Waals surface area contributed by atoms with Crippen molar-refractivity contribution in [3.8, 4) is 0 Å². The van der Waals surface area contributed by atoms with Crippen LogP contribution >= 0.6 is 0 Å². The van der Waals surface area contributed by atoms with Crippen LogP contribution in [0.2, 0.25) is 0 Å². The van der Waals surface area contributed by atoms with Crippen molar-refractivity contribution in [2.75, 3.05) is 0 Å². The highest BCUT2D eigenvalue weighted by atomic mass is 16.2. The van der Waals surface area contributed by atoms with E-state index in [0.29, 0.717) is 11.3 Å². The first kappa shape index (κ1) is 12.6. The molecule has 0 unspecified atom stereocenters. The second kappa shape index (κ2) is 4.44. The van der Waals surface area contributed by atoms with Gasteiger partial charge in [-0.2, -0.15) is 0 Å². The zero-order chi connectivity index (χ0) is 13.3. The van der Waals surface area contributed by atoms with E-state index >= 15 is 0 Å². The fourth-order valence-corrected chi connectivity index (χ4v) is 2.21. The molecule has 3 N–H and O–H groups in total. The van der Waals surface area contributed by atoms with Crippen LogP contribution in [-0.2, 0) is 11.2 Å². The maximum absolute atomic E-state index is 11.9. The molecule has 1 heterocycles. The van der Waals surface area contributed by atoms with Gasteiger partial charge in [0.2, 0.25) is 5.91 Å². The number of aryl methyl sites for hydroxylation is 1. The summed E-state index contributed by atoms with van der Waals surface area (Å²) in [5, 5.41) is 2.93. The van der Waals surface area contributed by atoms with Crippen molar-refractivity contribution < 1.29 is 4.79 Å². The third-order valence-electron chi connectivity index (χ3n) is 3.49. The van der Waals surface area contributed by atoms with Crippen molar-refractivity contribution in [2.45, 2.75) is 45.1 Å². The zero-order valence-corrected chi connectivity index (χ0v) is 10.6. The Labute approximate surface area is 104 Å². The first-order valence-corrected chi connectivity index (χ1v) is 6.03. The normalized spacial score (nSPS) is 17.0. The molecule has 0 bridgehead atoms. The molecule has 98 valence electrons. The molecule has 0 aliphatic heterocycles. The highest BCUT2D eigenvalue weighted by Gasteiger charge is 2.33. The summed E-state index contributed by atoms with van der Waals surface area (Å²) < 4.78 is 0. The van der Waals surface area contributed by atoms with Crippen LogP contribution < -0.4 is 16.6 Å². The number of hydrogen-bond donors (Lipinski definition) is 3. The molecule has 1 amide bonds. The van der Waals surface area contributed by atoms with Gasteiger partial charge >= 0.3 is 5.69 Å². The molecule has 0 saturated heterocycles. The van der Waals surface area contributed by atoms with E-state index in [-0.39, 0.29) is 17.9 Å². The van der Waals surface area contributed by atoms with Crippen molar-refractivity contribution in [2.24, 2.45) is 0 Å². The fraction of sp³-hybridized carbons (Fsp3) is 0.583. The highest BCUT2D eigenvalue weighted by molar-refractivity contribution is 5.79. The molecule has 1 fully saturated rings. The predicted octanol–water partition coefficient (Wildman–Crippen LogP) is -0.0271. The molecule has 6 nitrogen and oxygen atoms in total. The Kier molecular flexibility index (Phi) is 3.11. The molecule has 18 heavy (non-hydrogen) atoms. The molecule has 0 atom stereocenters. The average Bonchev–Trinajstić information content (AvgIpc) is 2.21. The largest absolute Gasteiger partial charge is 0.351 e. The molecule has 0 spiro atoms. The van der Waals surface area contributed by atoms with E-state index in [2.05, 4.69) is 15.3 Å². The minimum Gasteiger partial charge on any atom is -0.351 e. The van der Waals surface area contributed by atoms with E-state index in [1.807, 2.05) is 6.92 Å². The van der Waals surface area contributed by atoms with Gasteiger partial charge in [0.25, 0.3) is 5.56 Å². The number of carbonyl (C=O) groups excluding carboxylic acids is 1. The van der Waals surface area contributed by atoms with E-state index in [1.54, 1.807) is 6.92 Å². The number of aromatic amines is 2. The van der Waals surface area contributed by atoms with Crippen LogP contribution in [0.15, 0.2) is 9.59 Å². The first-order valence-electron chi connectivity index (χ1n) is 6.03. The highest BCUT2D eigenvalue weighted by Crippen LogP contribution is 2.30. The van der Waals surface area contributed by atoms with Gasteiger partial charge in [-0.25, -0.2) is 4.79 Å². The third kappa shape index (κ3) is 2.52. The maximum atomic E-state index is 11.9. The number of nitrogens with one attached hydrogen (secondary N) is 3. The first-order chi connectivity index (χ1) is 8.39. The van der Waals surface area contributed by atoms with Crippen molar-refractivity contribution >= 4 is 5.91 Å². The summed E-state index contributed by atoms with van der Waals surface area (Å²) in [6, 6.07) is 0. The second-order valence-electron chi connectivity index (χ2n) is 5.15. The number of H-pyrrole nitrogens is 2. The topological polar surface area (TPSA) is 94.8 Å². The average molecular weight is 251 g/mol. The second-order valence-corrected chi connectivity index (χ2v) is 5.15. The van der Waals surface area contributed by atoms with Gasteiger partial charge in [-0.05, 0) is 33.1 Å². The molecule has 0 aromatic carbocycles. The van der Waals surface area contributed by atoms with Crippen molar-refractivity contribution in [1.29, 1.82) is 0 Å². The molecule has 1 aliphatic carbocycles. The van der Waals surface area contributed by atoms with Crippen LogP contribution in [0.5, 0.6) is 0 Å². The molecule has 1 saturated carbocycles. The molecule has 0 radical (unpaired) electrons. The number of rotatable bonds is 3. The maximum Gasteiger partial charge on any atom is 0.325 e.